The van der Waals surface area contributed by atoms with E-state index in [0.717, 1.165) is 43.0 Å². The topological polar surface area (TPSA) is 43.2 Å². The molecule has 0 N–H and O–H groups in total. The number of thiophene rings is 1. The van der Waals surface area contributed by atoms with Gasteiger partial charge in [0.05, 0.1) is 6.10 Å². The lowest BCUT2D eigenvalue weighted by atomic mass is 9.96. The van der Waals surface area contributed by atoms with E-state index in [1.165, 1.54) is 30.6 Å². The number of thioether (sulfide) groups is 1. The molecule has 0 bridgehead atoms. The van der Waals surface area contributed by atoms with Crippen LogP contribution in [0.4, 0.5) is 0 Å². The summed E-state index contributed by atoms with van der Waals surface area (Å²) in [5.74, 6) is 2.69. The summed E-state index contributed by atoms with van der Waals surface area (Å²) in [6.07, 6.45) is 5.12. The highest BCUT2D eigenvalue weighted by molar-refractivity contribution is 7.99. The van der Waals surface area contributed by atoms with Gasteiger partial charge in [-0.1, -0.05) is 17.8 Å². The van der Waals surface area contributed by atoms with Crippen LogP contribution in [0.5, 0.6) is 0 Å². The van der Waals surface area contributed by atoms with Crippen molar-refractivity contribution in [2.75, 3.05) is 25.4 Å². The average molecular weight is 379 g/mol. The maximum atomic E-state index is 5.71. The summed E-state index contributed by atoms with van der Waals surface area (Å²) >= 11 is 3.64. The Balaban J connectivity index is 1.30. The Morgan fingerprint density at radius 2 is 2.16 bits per heavy atom. The zero-order valence-electron chi connectivity index (χ0n) is 14.8. The molecule has 2 aliphatic rings. The van der Waals surface area contributed by atoms with E-state index in [1.54, 1.807) is 11.8 Å². The summed E-state index contributed by atoms with van der Waals surface area (Å²) in [5.41, 5.74) is 0. The number of ether oxygens (including phenoxy) is 1. The number of likely N-dealkylation sites (tertiary alicyclic amines) is 1. The molecule has 0 aromatic carbocycles. The lowest BCUT2D eigenvalue weighted by Gasteiger charge is -2.31. The SMILES string of the molecule is Cn1c(SCC2CCCO2)nnc1C1CCN(Cc2cccs2)CC1. The van der Waals surface area contributed by atoms with Gasteiger partial charge in [-0.3, -0.25) is 4.90 Å². The van der Waals surface area contributed by atoms with E-state index in [9.17, 15) is 0 Å². The molecule has 2 fully saturated rings. The normalized spacial score (nSPS) is 22.7. The van der Waals surface area contributed by atoms with Crippen molar-refractivity contribution in [2.45, 2.75) is 49.4 Å². The van der Waals surface area contributed by atoms with Gasteiger partial charge in [-0.2, -0.15) is 0 Å². The fourth-order valence-corrected chi connectivity index (χ4v) is 5.45. The maximum Gasteiger partial charge on any atom is 0.191 e. The standard InChI is InChI=1S/C18H26N4OS2/c1-21-17(19-20-18(21)25-13-15-4-2-10-23-15)14-6-8-22(9-7-14)12-16-5-3-11-24-16/h3,5,11,14-15H,2,4,6-10,12-13H2,1H3. The lowest BCUT2D eigenvalue weighted by molar-refractivity contribution is 0.129. The Morgan fingerprint density at radius 3 is 2.88 bits per heavy atom. The molecule has 25 heavy (non-hydrogen) atoms. The van der Waals surface area contributed by atoms with E-state index in [4.69, 9.17) is 4.74 Å². The van der Waals surface area contributed by atoms with Crippen LogP contribution in [0.2, 0.25) is 0 Å². The molecule has 1 atom stereocenters. The summed E-state index contributed by atoms with van der Waals surface area (Å²) in [6.45, 7) is 4.30. The number of piperidine rings is 1. The largest absolute Gasteiger partial charge is 0.377 e. The van der Waals surface area contributed by atoms with Crippen molar-refractivity contribution >= 4 is 23.1 Å². The van der Waals surface area contributed by atoms with Gasteiger partial charge in [0.2, 0.25) is 0 Å². The molecule has 7 heteroatoms. The first-order valence-corrected chi connectivity index (χ1v) is 11.0. The number of hydrogen-bond acceptors (Lipinski definition) is 6. The Hall–Kier alpha value is -0.890. The predicted molar refractivity (Wildman–Crippen MR) is 102 cm³/mol. The molecule has 5 nitrogen and oxygen atoms in total. The molecule has 2 aromatic heterocycles. The van der Waals surface area contributed by atoms with E-state index >= 15 is 0 Å². The smallest absolute Gasteiger partial charge is 0.191 e. The minimum absolute atomic E-state index is 0.394. The van der Waals surface area contributed by atoms with Crippen LogP contribution in [0, 0.1) is 0 Å². The quantitative estimate of drug-likeness (QED) is 0.720. The first kappa shape index (κ1) is 17.5. The molecule has 4 heterocycles. The molecule has 0 amide bonds. The number of nitrogens with zero attached hydrogens (tertiary/aromatic N) is 4. The second-order valence-corrected chi connectivity index (χ2v) is 9.00. The Bertz CT molecular complexity index is 659. The molecule has 136 valence electrons. The third kappa shape index (κ3) is 4.27. The van der Waals surface area contributed by atoms with Gasteiger partial charge in [0.15, 0.2) is 5.16 Å². The molecule has 1 unspecified atom stereocenters. The van der Waals surface area contributed by atoms with E-state index < -0.39 is 0 Å². The lowest BCUT2D eigenvalue weighted by Crippen LogP contribution is -2.33. The van der Waals surface area contributed by atoms with Gasteiger partial charge in [0, 0.05) is 36.7 Å². The second-order valence-electron chi connectivity index (χ2n) is 6.98. The van der Waals surface area contributed by atoms with Crippen molar-refractivity contribution in [1.29, 1.82) is 0 Å². The molecule has 2 saturated heterocycles. The molecule has 4 rings (SSSR count). The van der Waals surface area contributed by atoms with Gasteiger partial charge in [0.25, 0.3) is 0 Å². The minimum Gasteiger partial charge on any atom is -0.377 e. The van der Waals surface area contributed by atoms with Crippen molar-refractivity contribution in [1.82, 2.24) is 19.7 Å². The molecule has 0 spiro atoms. The van der Waals surface area contributed by atoms with Crippen LogP contribution >= 0.6 is 23.1 Å². The highest BCUT2D eigenvalue weighted by atomic mass is 32.2. The van der Waals surface area contributed by atoms with Crippen molar-refractivity contribution in [3.8, 4) is 0 Å². The molecule has 0 aliphatic carbocycles. The van der Waals surface area contributed by atoms with Gasteiger partial charge in [-0.05, 0) is 50.2 Å². The van der Waals surface area contributed by atoms with Crippen molar-refractivity contribution in [2.24, 2.45) is 7.05 Å². The van der Waals surface area contributed by atoms with E-state index in [1.807, 2.05) is 11.3 Å². The summed E-state index contributed by atoms with van der Waals surface area (Å²) in [5, 5.41) is 12.2. The molecular formula is C18H26N4OS2. The van der Waals surface area contributed by atoms with Crippen LogP contribution in [-0.4, -0.2) is 51.2 Å². The number of aromatic nitrogens is 3. The molecule has 0 radical (unpaired) electrons. The van der Waals surface area contributed by atoms with E-state index in [2.05, 4.69) is 44.2 Å². The van der Waals surface area contributed by atoms with Gasteiger partial charge >= 0.3 is 0 Å². The molecule has 2 aliphatic heterocycles. The van der Waals surface area contributed by atoms with Gasteiger partial charge in [0.1, 0.15) is 5.82 Å². The Labute approximate surface area is 157 Å². The summed E-state index contributed by atoms with van der Waals surface area (Å²) in [4.78, 5) is 4.02. The first-order valence-electron chi connectivity index (χ1n) is 9.18. The number of rotatable bonds is 6. The average Bonchev–Trinajstić information content (AvgIpc) is 3.37. The zero-order chi connectivity index (χ0) is 17.1. The Kier molecular flexibility index (Phi) is 5.75. The summed E-state index contributed by atoms with van der Waals surface area (Å²) in [6, 6.07) is 4.37. The van der Waals surface area contributed by atoms with Crippen LogP contribution < -0.4 is 0 Å². The van der Waals surface area contributed by atoms with E-state index in [0.29, 0.717) is 12.0 Å². The van der Waals surface area contributed by atoms with Crippen molar-refractivity contribution in [3.63, 3.8) is 0 Å². The summed E-state index contributed by atoms with van der Waals surface area (Å²) in [7, 11) is 2.12. The van der Waals surface area contributed by atoms with Crippen LogP contribution in [0.3, 0.4) is 0 Å². The molecule has 2 aromatic rings. The van der Waals surface area contributed by atoms with Crippen LogP contribution in [0.15, 0.2) is 22.7 Å². The minimum atomic E-state index is 0.394. The van der Waals surface area contributed by atoms with Crippen molar-refractivity contribution in [3.05, 3.63) is 28.2 Å². The van der Waals surface area contributed by atoms with Gasteiger partial charge < -0.3 is 9.30 Å². The highest BCUT2D eigenvalue weighted by Gasteiger charge is 2.26. The Morgan fingerprint density at radius 1 is 1.28 bits per heavy atom. The molecular weight excluding hydrogens is 352 g/mol. The fourth-order valence-electron chi connectivity index (χ4n) is 3.72. The fraction of sp³-hybridized carbons (Fsp3) is 0.667. The monoisotopic (exact) mass is 378 g/mol. The van der Waals surface area contributed by atoms with Gasteiger partial charge in [-0.15, -0.1) is 21.5 Å². The highest BCUT2D eigenvalue weighted by Crippen LogP contribution is 2.30. The third-order valence-corrected chi connectivity index (χ3v) is 7.22. The predicted octanol–water partition coefficient (Wildman–Crippen LogP) is 3.53. The van der Waals surface area contributed by atoms with Crippen LogP contribution in [0.1, 0.15) is 42.3 Å². The zero-order valence-corrected chi connectivity index (χ0v) is 16.4. The second kappa shape index (κ2) is 8.20. The first-order chi connectivity index (χ1) is 12.3. The summed E-state index contributed by atoms with van der Waals surface area (Å²) < 4.78 is 7.92. The van der Waals surface area contributed by atoms with Crippen LogP contribution in [0.25, 0.3) is 0 Å². The van der Waals surface area contributed by atoms with Crippen molar-refractivity contribution < 1.29 is 4.74 Å². The number of hydrogen-bond donors (Lipinski definition) is 0. The van der Waals surface area contributed by atoms with Crippen LogP contribution in [-0.2, 0) is 18.3 Å². The third-order valence-electron chi connectivity index (χ3n) is 5.20. The molecule has 0 saturated carbocycles. The maximum absolute atomic E-state index is 5.71. The van der Waals surface area contributed by atoms with E-state index in [-0.39, 0.29) is 0 Å². The van der Waals surface area contributed by atoms with Gasteiger partial charge in [-0.25, -0.2) is 0 Å².